The molecule has 0 N–H and O–H groups in total. The molecule has 2 aromatic rings. The van der Waals surface area contributed by atoms with Crippen LogP contribution in [0.1, 0.15) is 23.7 Å². The van der Waals surface area contributed by atoms with Gasteiger partial charge in [0.1, 0.15) is 11.8 Å². The zero-order chi connectivity index (χ0) is 14.0. The van der Waals surface area contributed by atoms with Crippen LogP contribution in [0.25, 0.3) is 11.3 Å². The Morgan fingerprint density at radius 3 is 2.68 bits per heavy atom. The van der Waals surface area contributed by atoms with E-state index in [2.05, 4.69) is 42.9 Å². The quantitative estimate of drug-likeness (QED) is 0.789. The second kappa shape index (κ2) is 5.07. The Morgan fingerprint density at radius 2 is 2.11 bits per heavy atom. The van der Waals surface area contributed by atoms with E-state index >= 15 is 0 Å². The summed E-state index contributed by atoms with van der Waals surface area (Å²) in [5.41, 5.74) is 5.45. The van der Waals surface area contributed by atoms with Crippen molar-refractivity contribution in [3.8, 4) is 17.3 Å². The summed E-state index contributed by atoms with van der Waals surface area (Å²) < 4.78 is 1.73. The first-order valence-corrected chi connectivity index (χ1v) is 6.08. The van der Waals surface area contributed by atoms with Crippen molar-refractivity contribution in [1.29, 1.82) is 5.26 Å². The van der Waals surface area contributed by atoms with Gasteiger partial charge in [0.05, 0.1) is 6.54 Å². The highest BCUT2D eigenvalue weighted by atomic mass is 15.4. The molecule has 0 spiro atoms. The van der Waals surface area contributed by atoms with Crippen LogP contribution in [-0.2, 0) is 6.54 Å². The van der Waals surface area contributed by atoms with Crippen molar-refractivity contribution in [2.24, 2.45) is 0 Å². The standard InChI is InChI=1S/C15H16N4/c1-10(2)9-19-15(14(8-16)17-18-19)13-6-5-11(3)12(4)7-13/h5-7H,1,9H2,2-4H3. The number of aryl methyl sites for hydroxylation is 2. The van der Waals surface area contributed by atoms with Gasteiger partial charge in [-0.05, 0) is 38.0 Å². The van der Waals surface area contributed by atoms with E-state index in [-0.39, 0.29) is 0 Å². The molecule has 0 aliphatic carbocycles. The molecule has 4 heteroatoms. The number of nitrogens with zero attached hydrogens (tertiary/aromatic N) is 4. The van der Waals surface area contributed by atoms with Crippen molar-refractivity contribution in [3.05, 3.63) is 47.2 Å². The Morgan fingerprint density at radius 1 is 1.37 bits per heavy atom. The van der Waals surface area contributed by atoms with Crippen LogP contribution in [0.5, 0.6) is 0 Å². The molecule has 0 bridgehead atoms. The normalized spacial score (nSPS) is 10.2. The van der Waals surface area contributed by atoms with Gasteiger partial charge in [-0.15, -0.1) is 5.10 Å². The maximum atomic E-state index is 9.16. The van der Waals surface area contributed by atoms with Gasteiger partial charge in [0.15, 0.2) is 5.69 Å². The molecule has 4 nitrogen and oxygen atoms in total. The Hall–Kier alpha value is -2.41. The molecular formula is C15H16N4. The van der Waals surface area contributed by atoms with E-state index in [0.29, 0.717) is 12.2 Å². The van der Waals surface area contributed by atoms with Gasteiger partial charge in [0.25, 0.3) is 0 Å². The minimum Gasteiger partial charge on any atom is -0.239 e. The number of allylic oxidation sites excluding steroid dienone is 1. The van der Waals surface area contributed by atoms with Crippen molar-refractivity contribution in [2.45, 2.75) is 27.3 Å². The predicted molar refractivity (Wildman–Crippen MR) is 74.5 cm³/mol. The lowest BCUT2D eigenvalue weighted by Crippen LogP contribution is -2.03. The fraction of sp³-hybridized carbons (Fsp3) is 0.267. The van der Waals surface area contributed by atoms with E-state index in [1.165, 1.54) is 11.1 Å². The van der Waals surface area contributed by atoms with Crippen molar-refractivity contribution in [3.63, 3.8) is 0 Å². The highest BCUT2D eigenvalue weighted by Gasteiger charge is 2.15. The maximum Gasteiger partial charge on any atom is 0.190 e. The first kappa shape index (κ1) is 13.0. The van der Waals surface area contributed by atoms with Crippen molar-refractivity contribution < 1.29 is 0 Å². The molecule has 0 aliphatic rings. The van der Waals surface area contributed by atoms with Crippen molar-refractivity contribution in [2.75, 3.05) is 0 Å². The molecule has 0 atom stereocenters. The van der Waals surface area contributed by atoms with Gasteiger partial charge < -0.3 is 0 Å². The minimum absolute atomic E-state index is 0.351. The zero-order valence-electron chi connectivity index (χ0n) is 11.4. The third-order valence-corrected chi connectivity index (χ3v) is 3.04. The van der Waals surface area contributed by atoms with Crippen molar-refractivity contribution >= 4 is 0 Å². The van der Waals surface area contributed by atoms with Gasteiger partial charge in [0, 0.05) is 5.56 Å². The molecule has 2 rings (SSSR count). The number of benzene rings is 1. The highest BCUT2D eigenvalue weighted by molar-refractivity contribution is 5.66. The molecule has 1 heterocycles. The van der Waals surface area contributed by atoms with E-state index in [1.807, 2.05) is 19.1 Å². The lowest BCUT2D eigenvalue weighted by Gasteiger charge is -2.08. The molecule has 1 aromatic heterocycles. The molecular weight excluding hydrogens is 236 g/mol. The van der Waals surface area contributed by atoms with Gasteiger partial charge >= 0.3 is 0 Å². The molecule has 1 aromatic carbocycles. The van der Waals surface area contributed by atoms with Gasteiger partial charge in [0.2, 0.25) is 0 Å². The van der Waals surface area contributed by atoms with E-state index in [4.69, 9.17) is 5.26 Å². The van der Waals surface area contributed by atoms with Gasteiger partial charge in [-0.1, -0.05) is 29.5 Å². The van der Waals surface area contributed by atoms with Gasteiger partial charge in [-0.2, -0.15) is 5.26 Å². The first-order valence-electron chi connectivity index (χ1n) is 6.08. The van der Waals surface area contributed by atoms with Crippen LogP contribution < -0.4 is 0 Å². The second-order valence-corrected chi connectivity index (χ2v) is 4.81. The van der Waals surface area contributed by atoms with Crippen LogP contribution >= 0.6 is 0 Å². The summed E-state index contributed by atoms with van der Waals surface area (Å²) in [7, 11) is 0. The number of hydrogen-bond donors (Lipinski definition) is 0. The van der Waals surface area contributed by atoms with Gasteiger partial charge in [-0.3, -0.25) is 0 Å². The predicted octanol–water partition coefficient (Wildman–Crippen LogP) is 3.01. The SMILES string of the molecule is C=C(C)Cn1nnc(C#N)c1-c1ccc(C)c(C)c1. The molecule has 0 saturated carbocycles. The second-order valence-electron chi connectivity index (χ2n) is 4.81. The average Bonchev–Trinajstić information content (AvgIpc) is 2.74. The van der Waals surface area contributed by atoms with E-state index in [1.54, 1.807) is 4.68 Å². The van der Waals surface area contributed by atoms with Crippen LogP contribution in [0.4, 0.5) is 0 Å². The molecule has 0 radical (unpaired) electrons. The summed E-state index contributed by atoms with van der Waals surface area (Å²) in [4.78, 5) is 0. The summed E-state index contributed by atoms with van der Waals surface area (Å²) in [6.07, 6.45) is 0. The smallest absolute Gasteiger partial charge is 0.190 e. The molecule has 0 unspecified atom stereocenters. The summed E-state index contributed by atoms with van der Waals surface area (Å²) in [5, 5.41) is 17.1. The fourth-order valence-corrected chi connectivity index (χ4v) is 1.93. The van der Waals surface area contributed by atoms with Crippen LogP contribution in [0, 0.1) is 25.2 Å². The minimum atomic E-state index is 0.351. The molecule has 96 valence electrons. The Balaban J connectivity index is 2.59. The van der Waals surface area contributed by atoms with Crippen LogP contribution in [-0.4, -0.2) is 15.0 Å². The zero-order valence-corrected chi connectivity index (χ0v) is 11.4. The average molecular weight is 252 g/mol. The van der Waals surface area contributed by atoms with Crippen LogP contribution in [0.3, 0.4) is 0 Å². The molecule has 0 amide bonds. The van der Waals surface area contributed by atoms with Crippen LogP contribution in [0.15, 0.2) is 30.4 Å². The highest BCUT2D eigenvalue weighted by Crippen LogP contribution is 2.24. The van der Waals surface area contributed by atoms with Gasteiger partial charge in [-0.25, -0.2) is 4.68 Å². The Labute approximate surface area is 113 Å². The van der Waals surface area contributed by atoms with E-state index in [9.17, 15) is 0 Å². The number of nitriles is 1. The Kier molecular flexibility index (Phi) is 3.48. The fourth-order valence-electron chi connectivity index (χ4n) is 1.93. The molecule has 19 heavy (non-hydrogen) atoms. The van der Waals surface area contributed by atoms with Crippen LogP contribution in [0.2, 0.25) is 0 Å². The Bertz CT molecular complexity index is 674. The lowest BCUT2D eigenvalue weighted by molar-refractivity contribution is 0.649. The third kappa shape index (κ3) is 2.55. The summed E-state index contributed by atoms with van der Waals surface area (Å²) >= 11 is 0. The van der Waals surface area contributed by atoms with E-state index in [0.717, 1.165) is 16.8 Å². The third-order valence-electron chi connectivity index (χ3n) is 3.04. The summed E-state index contributed by atoms with van der Waals surface area (Å²) in [6, 6.07) is 8.20. The molecule has 0 saturated heterocycles. The monoisotopic (exact) mass is 252 g/mol. The number of hydrogen-bond acceptors (Lipinski definition) is 3. The first-order chi connectivity index (χ1) is 9.02. The van der Waals surface area contributed by atoms with Crippen molar-refractivity contribution in [1.82, 2.24) is 15.0 Å². The topological polar surface area (TPSA) is 54.5 Å². The number of rotatable bonds is 3. The molecule has 0 fully saturated rings. The summed E-state index contributed by atoms with van der Waals surface area (Å²) in [5.74, 6) is 0. The molecule has 0 aliphatic heterocycles. The maximum absolute atomic E-state index is 9.16. The summed E-state index contributed by atoms with van der Waals surface area (Å²) in [6.45, 7) is 10.5. The lowest BCUT2D eigenvalue weighted by atomic mass is 10.0. The number of aromatic nitrogens is 3. The largest absolute Gasteiger partial charge is 0.239 e. The van der Waals surface area contributed by atoms with E-state index < -0.39 is 0 Å².